The Labute approximate surface area is 104 Å². The summed E-state index contributed by atoms with van der Waals surface area (Å²) in [6, 6.07) is 0. The molecule has 1 rings (SSSR count). The molecule has 1 N–H and O–H groups in total. The molecule has 1 aromatic heterocycles. The maximum atomic E-state index is 12.1. The van der Waals surface area contributed by atoms with Gasteiger partial charge < -0.3 is 5.32 Å². The summed E-state index contributed by atoms with van der Waals surface area (Å²) in [5, 5.41) is 2.90. The Kier molecular flexibility index (Phi) is 4.69. The van der Waals surface area contributed by atoms with Gasteiger partial charge in [-0.15, -0.1) is 0 Å². The van der Waals surface area contributed by atoms with Gasteiger partial charge in [0.05, 0.1) is 5.69 Å². The van der Waals surface area contributed by atoms with Crippen molar-refractivity contribution < 1.29 is 8.42 Å². The molecule has 0 fully saturated rings. The van der Waals surface area contributed by atoms with Crippen LogP contribution >= 0.6 is 22.9 Å². The number of aryl methyl sites for hydroxylation is 1. The molecule has 92 valence electrons. The van der Waals surface area contributed by atoms with Crippen molar-refractivity contribution in [2.45, 2.75) is 11.1 Å². The van der Waals surface area contributed by atoms with Gasteiger partial charge in [0, 0.05) is 20.1 Å². The molecule has 16 heavy (non-hydrogen) atoms. The highest BCUT2D eigenvalue weighted by atomic mass is 35.5. The first-order chi connectivity index (χ1) is 7.39. The standard InChI is InChI=1S/C8H14ClN3O2S2/c1-6-7(15-8(9)11-6)16(13,14)12(3)5-4-10-2/h10H,4-5H2,1-3H3. The molecule has 1 aromatic rings. The summed E-state index contributed by atoms with van der Waals surface area (Å²) in [4.78, 5) is 3.90. The number of rotatable bonds is 5. The van der Waals surface area contributed by atoms with Crippen LogP contribution in [0.25, 0.3) is 0 Å². The van der Waals surface area contributed by atoms with Crippen molar-refractivity contribution in [2.75, 3.05) is 27.2 Å². The van der Waals surface area contributed by atoms with Crippen LogP contribution in [0.5, 0.6) is 0 Å². The van der Waals surface area contributed by atoms with E-state index in [4.69, 9.17) is 11.6 Å². The number of thiazole rings is 1. The monoisotopic (exact) mass is 283 g/mol. The quantitative estimate of drug-likeness (QED) is 0.874. The van der Waals surface area contributed by atoms with E-state index < -0.39 is 10.0 Å². The SMILES string of the molecule is CNCCN(C)S(=O)(=O)c1sc(Cl)nc1C. The molecular weight excluding hydrogens is 270 g/mol. The zero-order valence-corrected chi connectivity index (χ0v) is 11.7. The largest absolute Gasteiger partial charge is 0.318 e. The van der Waals surface area contributed by atoms with E-state index in [0.717, 1.165) is 11.3 Å². The maximum absolute atomic E-state index is 12.1. The van der Waals surface area contributed by atoms with Gasteiger partial charge in [-0.25, -0.2) is 13.4 Å². The third-order valence-corrected chi connectivity index (χ3v) is 5.75. The summed E-state index contributed by atoms with van der Waals surface area (Å²) < 4.78 is 25.9. The van der Waals surface area contributed by atoms with Gasteiger partial charge in [-0.1, -0.05) is 22.9 Å². The lowest BCUT2D eigenvalue weighted by Crippen LogP contribution is -2.32. The van der Waals surface area contributed by atoms with Gasteiger partial charge in [-0.3, -0.25) is 0 Å². The fraction of sp³-hybridized carbons (Fsp3) is 0.625. The molecule has 0 spiro atoms. The second-order valence-corrected chi connectivity index (χ2v) is 7.09. The highest BCUT2D eigenvalue weighted by Gasteiger charge is 2.25. The summed E-state index contributed by atoms with van der Waals surface area (Å²) in [6.45, 7) is 2.65. The Morgan fingerprint density at radius 3 is 2.62 bits per heavy atom. The van der Waals surface area contributed by atoms with Crippen LogP contribution in [0.1, 0.15) is 5.69 Å². The van der Waals surface area contributed by atoms with E-state index >= 15 is 0 Å². The lowest BCUT2D eigenvalue weighted by molar-refractivity contribution is 0.467. The zero-order chi connectivity index (χ0) is 12.3. The van der Waals surface area contributed by atoms with E-state index in [1.165, 1.54) is 4.31 Å². The van der Waals surface area contributed by atoms with Gasteiger partial charge in [0.25, 0.3) is 10.0 Å². The van der Waals surface area contributed by atoms with Crippen molar-refractivity contribution in [1.29, 1.82) is 0 Å². The topological polar surface area (TPSA) is 62.3 Å². The molecule has 0 radical (unpaired) electrons. The summed E-state index contributed by atoms with van der Waals surface area (Å²) >= 11 is 6.68. The molecule has 0 aliphatic heterocycles. The van der Waals surface area contributed by atoms with E-state index in [0.29, 0.717) is 18.8 Å². The van der Waals surface area contributed by atoms with Crippen LogP contribution in [0.4, 0.5) is 0 Å². The van der Waals surface area contributed by atoms with E-state index in [-0.39, 0.29) is 8.68 Å². The minimum atomic E-state index is -3.46. The van der Waals surface area contributed by atoms with Crippen LogP contribution in [-0.2, 0) is 10.0 Å². The molecule has 0 saturated heterocycles. The van der Waals surface area contributed by atoms with Crippen LogP contribution in [0.15, 0.2) is 4.21 Å². The molecule has 1 heterocycles. The fourth-order valence-electron chi connectivity index (χ4n) is 1.12. The lowest BCUT2D eigenvalue weighted by atomic mass is 10.6. The molecular formula is C8H14ClN3O2S2. The van der Waals surface area contributed by atoms with Crippen molar-refractivity contribution in [3.8, 4) is 0 Å². The summed E-state index contributed by atoms with van der Waals surface area (Å²) in [6.07, 6.45) is 0. The highest BCUT2D eigenvalue weighted by molar-refractivity contribution is 7.91. The van der Waals surface area contributed by atoms with Crippen LogP contribution in [0.3, 0.4) is 0 Å². The first kappa shape index (κ1) is 13.9. The zero-order valence-electron chi connectivity index (χ0n) is 9.32. The van der Waals surface area contributed by atoms with Gasteiger partial charge in [-0.05, 0) is 14.0 Å². The van der Waals surface area contributed by atoms with Crippen molar-refractivity contribution in [1.82, 2.24) is 14.6 Å². The number of likely N-dealkylation sites (N-methyl/N-ethyl adjacent to an activating group) is 2. The van der Waals surface area contributed by atoms with Gasteiger partial charge in [0.15, 0.2) is 8.68 Å². The number of nitrogens with zero attached hydrogens (tertiary/aromatic N) is 2. The Morgan fingerprint density at radius 1 is 1.56 bits per heavy atom. The molecule has 0 saturated carbocycles. The number of hydrogen-bond donors (Lipinski definition) is 1. The molecule has 0 aromatic carbocycles. The van der Waals surface area contributed by atoms with Crippen molar-refractivity contribution in [3.05, 3.63) is 10.2 Å². The van der Waals surface area contributed by atoms with Crippen molar-refractivity contribution in [2.24, 2.45) is 0 Å². The fourth-order valence-corrected chi connectivity index (χ4v) is 4.22. The Balaban J connectivity index is 2.97. The van der Waals surface area contributed by atoms with E-state index in [1.54, 1.807) is 21.0 Å². The summed E-state index contributed by atoms with van der Waals surface area (Å²) in [5.74, 6) is 0. The minimum absolute atomic E-state index is 0.219. The predicted octanol–water partition coefficient (Wildman–Crippen LogP) is 0.945. The Hall–Kier alpha value is -0.210. The molecule has 0 atom stereocenters. The molecule has 0 bridgehead atoms. The summed E-state index contributed by atoms with van der Waals surface area (Å²) in [7, 11) is -0.142. The first-order valence-corrected chi connectivity index (χ1v) is 7.27. The van der Waals surface area contributed by atoms with Crippen LogP contribution in [0.2, 0.25) is 4.47 Å². The normalized spacial score (nSPS) is 12.3. The minimum Gasteiger partial charge on any atom is -0.318 e. The Bertz CT molecular complexity index is 458. The third kappa shape index (κ3) is 2.92. The average molecular weight is 284 g/mol. The number of aromatic nitrogens is 1. The third-order valence-electron chi connectivity index (χ3n) is 2.05. The van der Waals surface area contributed by atoms with Crippen LogP contribution in [-0.4, -0.2) is 44.9 Å². The molecule has 0 unspecified atom stereocenters. The van der Waals surface area contributed by atoms with Gasteiger partial charge in [0.1, 0.15) is 0 Å². The van der Waals surface area contributed by atoms with Gasteiger partial charge in [0.2, 0.25) is 0 Å². The maximum Gasteiger partial charge on any atom is 0.254 e. The van der Waals surface area contributed by atoms with Crippen molar-refractivity contribution >= 4 is 33.0 Å². The van der Waals surface area contributed by atoms with Gasteiger partial charge in [-0.2, -0.15) is 4.31 Å². The number of hydrogen-bond acceptors (Lipinski definition) is 5. The Morgan fingerprint density at radius 2 is 2.19 bits per heavy atom. The molecule has 0 amide bonds. The van der Waals surface area contributed by atoms with Crippen LogP contribution < -0.4 is 5.32 Å². The first-order valence-electron chi connectivity index (χ1n) is 4.63. The molecule has 5 nitrogen and oxygen atoms in total. The predicted molar refractivity (Wildman–Crippen MR) is 65.6 cm³/mol. The summed E-state index contributed by atoms with van der Waals surface area (Å²) in [5.41, 5.74) is 0.450. The van der Waals surface area contributed by atoms with Crippen LogP contribution in [0, 0.1) is 6.92 Å². The smallest absolute Gasteiger partial charge is 0.254 e. The molecule has 0 aliphatic rings. The second-order valence-electron chi connectivity index (χ2n) is 3.27. The van der Waals surface area contributed by atoms with Crippen molar-refractivity contribution in [3.63, 3.8) is 0 Å². The number of sulfonamides is 1. The molecule has 8 heteroatoms. The second kappa shape index (κ2) is 5.42. The number of halogens is 1. The average Bonchev–Trinajstić information content (AvgIpc) is 2.54. The highest BCUT2D eigenvalue weighted by Crippen LogP contribution is 2.28. The lowest BCUT2D eigenvalue weighted by Gasteiger charge is -2.15. The van der Waals surface area contributed by atoms with Gasteiger partial charge >= 0.3 is 0 Å². The van der Waals surface area contributed by atoms with E-state index in [1.807, 2.05) is 0 Å². The molecule has 0 aliphatic carbocycles. The van der Waals surface area contributed by atoms with E-state index in [9.17, 15) is 8.42 Å². The number of nitrogens with one attached hydrogen (secondary N) is 1. The van der Waals surface area contributed by atoms with E-state index in [2.05, 4.69) is 10.3 Å².